The fourth-order valence-electron chi connectivity index (χ4n) is 1.49. The molecule has 94 valence electrons. The Balaban J connectivity index is 2.73. The summed E-state index contributed by atoms with van der Waals surface area (Å²) in [5.41, 5.74) is 2.15. The summed E-state index contributed by atoms with van der Waals surface area (Å²) >= 11 is 0. The second-order valence-corrected chi connectivity index (χ2v) is 4.45. The lowest BCUT2D eigenvalue weighted by molar-refractivity contribution is 0.317. The molecule has 17 heavy (non-hydrogen) atoms. The second-order valence-electron chi connectivity index (χ2n) is 4.45. The van der Waals surface area contributed by atoms with Crippen molar-refractivity contribution < 1.29 is 9.84 Å². The van der Waals surface area contributed by atoms with Gasteiger partial charge in [-0.2, -0.15) is 0 Å². The van der Waals surface area contributed by atoms with E-state index in [0.717, 1.165) is 29.9 Å². The molecule has 0 aliphatic carbocycles. The van der Waals surface area contributed by atoms with Crippen LogP contribution in [0.3, 0.4) is 0 Å². The number of hydrogen-bond donors (Lipinski definition) is 1. The Morgan fingerprint density at radius 3 is 2.41 bits per heavy atom. The Kier molecular flexibility index (Phi) is 5.78. The first kappa shape index (κ1) is 13.8. The molecule has 0 atom stereocenters. The molecule has 0 amide bonds. The first-order valence-corrected chi connectivity index (χ1v) is 6.21. The van der Waals surface area contributed by atoms with Crippen LogP contribution in [0.4, 0.5) is 0 Å². The van der Waals surface area contributed by atoms with Gasteiger partial charge in [-0.1, -0.05) is 39.0 Å². The molecular formula is C15H22O2. The summed E-state index contributed by atoms with van der Waals surface area (Å²) in [6, 6.07) is 7.97. The average Bonchev–Trinajstić information content (AvgIpc) is 2.34. The summed E-state index contributed by atoms with van der Waals surface area (Å²) < 4.78 is 5.52. The molecule has 0 spiro atoms. The van der Waals surface area contributed by atoms with E-state index in [1.807, 2.05) is 30.3 Å². The van der Waals surface area contributed by atoms with Crippen molar-refractivity contribution in [2.75, 3.05) is 13.2 Å². The third kappa shape index (κ3) is 4.61. The van der Waals surface area contributed by atoms with Crippen molar-refractivity contribution in [3.63, 3.8) is 0 Å². The van der Waals surface area contributed by atoms with Crippen LogP contribution in [-0.2, 0) is 0 Å². The van der Waals surface area contributed by atoms with Gasteiger partial charge in [-0.25, -0.2) is 0 Å². The molecule has 1 rings (SSSR count). The summed E-state index contributed by atoms with van der Waals surface area (Å²) in [5, 5.41) is 9.24. The van der Waals surface area contributed by atoms with Gasteiger partial charge in [0.25, 0.3) is 0 Å². The predicted octanol–water partition coefficient (Wildman–Crippen LogP) is 3.51. The van der Waals surface area contributed by atoms with Crippen molar-refractivity contribution in [3.05, 3.63) is 35.4 Å². The molecule has 0 aliphatic rings. The number of aliphatic hydroxyl groups excluding tert-OH is 1. The second kappa shape index (κ2) is 7.13. The lowest BCUT2D eigenvalue weighted by atomic mass is 10.0. The Hall–Kier alpha value is -1.28. The van der Waals surface area contributed by atoms with Gasteiger partial charge in [0, 0.05) is 0 Å². The van der Waals surface area contributed by atoms with E-state index in [2.05, 4.69) is 20.8 Å². The molecule has 1 aromatic carbocycles. The third-order valence-corrected chi connectivity index (χ3v) is 2.63. The average molecular weight is 234 g/mol. The zero-order valence-corrected chi connectivity index (χ0v) is 10.9. The molecule has 1 N–H and O–H groups in total. The van der Waals surface area contributed by atoms with Crippen LogP contribution in [-0.4, -0.2) is 18.3 Å². The van der Waals surface area contributed by atoms with Crippen LogP contribution in [0.5, 0.6) is 5.75 Å². The molecule has 0 saturated heterocycles. The van der Waals surface area contributed by atoms with Crippen LogP contribution in [0.25, 0.3) is 6.08 Å². The monoisotopic (exact) mass is 234 g/mol. The lowest BCUT2D eigenvalue weighted by Gasteiger charge is -2.08. The highest BCUT2D eigenvalue weighted by Crippen LogP contribution is 2.17. The van der Waals surface area contributed by atoms with Crippen LogP contribution >= 0.6 is 0 Å². The van der Waals surface area contributed by atoms with Crippen LogP contribution in [0.15, 0.2) is 29.8 Å². The van der Waals surface area contributed by atoms with E-state index in [4.69, 9.17) is 4.74 Å². The van der Waals surface area contributed by atoms with Crippen LogP contribution in [0, 0.1) is 5.92 Å². The molecule has 1 aromatic rings. The highest BCUT2D eigenvalue weighted by Gasteiger charge is 2.01. The van der Waals surface area contributed by atoms with E-state index < -0.39 is 0 Å². The van der Waals surface area contributed by atoms with Crippen molar-refractivity contribution in [2.45, 2.75) is 27.2 Å². The smallest absolute Gasteiger partial charge is 0.119 e. The topological polar surface area (TPSA) is 29.5 Å². The number of benzene rings is 1. The van der Waals surface area contributed by atoms with Gasteiger partial charge in [0.1, 0.15) is 5.75 Å². The normalized spacial score (nSPS) is 11.9. The standard InChI is InChI=1S/C15H22O2/c1-4-9-17-15-7-5-13(6-8-15)10-14(11-16)12(2)3/h5-8,10,12,16H,4,9,11H2,1-3H3. The van der Waals surface area contributed by atoms with Gasteiger partial charge < -0.3 is 9.84 Å². The van der Waals surface area contributed by atoms with E-state index in [1.54, 1.807) is 0 Å². The van der Waals surface area contributed by atoms with E-state index in [-0.39, 0.29) is 6.61 Å². The maximum Gasteiger partial charge on any atom is 0.119 e. The molecular weight excluding hydrogens is 212 g/mol. The Morgan fingerprint density at radius 2 is 1.94 bits per heavy atom. The summed E-state index contributed by atoms with van der Waals surface area (Å²) in [6.07, 6.45) is 3.05. The van der Waals surface area contributed by atoms with E-state index in [9.17, 15) is 5.11 Å². The highest BCUT2D eigenvalue weighted by molar-refractivity contribution is 5.54. The zero-order valence-electron chi connectivity index (χ0n) is 10.9. The lowest BCUT2D eigenvalue weighted by Crippen LogP contribution is -1.99. The van der Waals surface area contributed by atoms with Crippen molar-refractivity contribution >= 4 is 6.08 Å². The van der Waals surface area contributed by atoms with Crippen molar-refractivity contribution in [2.24, 2.45) is 5.92 Å². The maximum atomic E-state index is 9.24. The number of hydrogen-bond acceptors (Lipinski definition) is 2. The van der Waals surface area contributed by atoms with Crippen LogP contribution in [0.2, 0.25) is 0 Å². The Labute approximate surface area is 104 Å². The van der Waals surface area contributed by atoms with E-state index in [0.29, 0.717) is 5.92 Å². The molecule has 2 nitrogen and oxygen atoms in total. The third-order valence-electron chi connectivity index (χ3n) is 2.63. The van der Waals surface area contributed by atoms with Crippen molar-refractivity contribution in [1.29, 1.82) is 0 Å². The largest absolute Gasteiger partial charge is 0.494 e. The summed E-state index contributed by atoms with van der Waals surface area (Å²) in [4.78, 5) is 0. The van der Waals surface area contributed by atoms with Gasteiger partial charge in [0.05, 0.1) is 13.2 Å². The molecule has 0 bridgehead atoms. The minimum atomic E-state index is 0.117. The van der Waals surface area contributed by atoms with Crippen molar-refractivity contribution in [3.8, 4) is 5.75 Å². The van der Waals surface area contributed by atoms with Gasteiger partial charge in [0.2, 0.25) is 0 Å². The van der Waals surface area contributed by atoms with Gasteiger partial charge in [-0.3, -0.25) is 0 Å². The fraction of sp³-hybridized carbons (Fsp3) is 0.467. The van der Waals surface area contributed by atoms with Gasteiger partial charge in [0.15, 0.2) is 0 Å². The number of rotatable bonds is 6. The minimum Gasteiger partial charge on any atom is -0.494 e. The number of ether oxygens (including phenoxy) is 1. The van der Waals surface area contributed by atoms with E-state index in [1.165, 1.54) is 0 Å². The summed E-state index contributed by atoms with van der Waals surface area (Å²) in [6.45, 7) is 7.13. The summed E-state index contributed by atoms with van der Waals surface area (Å²) in [5.74, 6) is 1.27. The number of aliphatic hydroxyl groups is 1. The molecule has 2 heteroatoms. The maximum absolute atomic E-state index is 9.24. The predicted molar refractivity (Wildman–Crippen MR) is 72.1 cm³/mol. The Bertz CT molecular complexity index is 350. The van der Waals surface area contributed by atoms with Crippen LogP contribution in [0.1, 0.15) is 32.8 Å². The van der Waals surface area contributed by atoms with Crippen molar-refractivity contribution in [1.82, 2.24) is 0 Å². The summed E-state index contributed by atoms with van der Waals surface area (Å²) in [7, 11) is 0. The molecule has 0 saturated carbocycles. The van der Waals surface area contributed by atoms with Gasteiger partial charge >= 0.3 is 0 Å². The molecule has 0 unspecified atom stereocenters. The quantitative estimate of drug-likeness (QED) is 0.816. The minimum absolute atomic E-state index is 0.117. The SMILES string of the molecule is CCCOc1ccc(C=C(CO)C(C)C)cc1. The first-order valence-electron chi connectivity index (χ1n) is 6.21. The van der Waals surface area contributed by atoms with Crippen LogP contribution < -0.4 is 4.74 Å². The zero-order chi connectivity index (χ0) is 12.7. The molecule has 0 heterocycles. The van der Waals surface area contributed by atoms with Gasteiger partial charge in [-0.05, 0) is 35.6 Å². The molecule has 0 aliphatic heterocycles. The first-order chi connectivity index (χ1) is 8.17. The Morgan fingerprint density at radius 1 is 1.29 bits per heavy atom. The fourth-order valence-corrected chi connectivity index (χ4v) is 1.49. The molecule has 0 fully saturated rings. The molecule has 0 radical (unpaired) electrons. The van der Waals surface area contributed by atoms with E-state index >= 15 is 0 Å². The highest BCUT2D eigenvalue weighted by atomic mass is 16.5. The van der Waals surface area contributed by atoms with Gasteiger partial charge in [-0.15, -0.1) is 0 Å². The molecule has 0 aromatic heterocycles.